The van der Waals surface area contributed by atoms with E-state index in [4.69, 9.17) is 0 Å². The summed E-state index contributed by atoms with van der Waals surface area (Å²) in [6, 6.07) is 19.1. The normalized spacial score (nSPS) is 15.0. The summed E-state index contributed by atoms with van der Waals surface area (Å²) in [5.74, 6) is 2.26. The maximum atomic E-state index is 14.0. The molecule has 2 aliphatic heterocycles. The van der Waals surface area contributed by atoms with Gasteiger partial charge in [-0.05, 0) is 64.7 Å². The third-order valence-electron chi connectivity index (χ3n) is 7.01. The lowest BCUT2D eigenvalue weighted by Crippen LogP contribution is -2.44. The largest absolute Gasteiger partial charge is 0.537 e. The average Bonchev–Trinajstić information content (AvgIpc) is 3.34. The minimum Gasteiger partial charge on any atom is -0.322 e. The van der Waals surface area contributed by atoms with Crippen molar-refractivity contribution in [3.8, 4) is 18.0 Å². The number of nitrogens with zero attached hydrogens (tertiary/aromatic N) is 5. The number of carbonyl (C=O) groups excluding carboxylic acids is 1. The highest BCUT2D eigenvalue weighted by Crippen LogP contribution is 2.33. The van der Waals surface area contributed by atoms with E-state index in [0.717, 1.165) is 35.4 Å². The molecular weight excluding hydrogens is 529 g/mol. The second-order valence-electron chi connectivity index (χ2n) is 10.2. The number of rotatable bonds is 4. The van der Waals surface area contributed by atoms with Gasteiger partial charge in [-0.1, -0.05) is 12.1 Å². The molecule has 0 aromatic heterocycles. The van der Waals surface area contributed by atoms with Crippen LogP contribution in [0.25, 0.3) is 0 Å². The van der Waals surface area contributed by atoms with E-state index in [-0.39, 0.29) is 28.9 Å². The zero-order chi connectivity index (χ0) is 29.1. The first-order chi connectivity index (χ1) is 19.6. The predicted molar refractivity (Wildman–Crippen MR) is 149 cm³/mol. The summed E-state index contributed by atoms with van der Waals surface area (Å²) in [6.07, 6.45) is -3.02. The van der Waals surface area contributed by atoms with E-state index in [1.54, 1.807) is 23.0 Å². The van der Waals surface area contributed by atoms with E-state index in [2.05, 4.69) is 26.8 Å². The van der Waals surface area contributed by atoms with Gasteiger partial charge in [0.15, 0.2) is 0 Å². The first kappa shape index (κ1) is 27.8. The fourth-order valence-electron chi connectivity index (χ4n) is 4.74. The summed E-state index contributed by atoms with van der Waals surface area (Å²) >= 11 is 0. The Morgan fingerprint density at radius 3 is 2.54 bits per heavy atom. The van der Waals surface area contributed by atoms with Crippen LogP contribution in [0.2, 0.25) is 0 Å². The quantitative estimate of drug-likeness (QED) is 0.304. The molecule has 2 aliphatic rings. The molecule has 5 rings (SSSR count). The van der Waals surface area contributed by atoms with Crippen molar-refractivity contribution in [1.29, 1.82) is 5.26 Å². The minimum absolute atomic E-state index is 0.129. The number of fused-ring (bicyclic) bond motifs is 1. The van der Waals surface area contributed by atoms with Gasteiger partial charge in [0.05, 0.1) is 17.2 Å². The van der Waals surface area contributed by atoms with Gasteiger partial charge in [-0.3, -0.25) is 9.69 Å². The van der Waals surface area contributed by atoms with Crippen molar-refractivity contribution in [2.24, 2.45) is 0 Å². The van der Waals surface area contributed by atoms with Crippen molar-refractivity contribution >= 4 is 17.9 Å². The summed E-state index contributed by atoms with van der Waals surface area (Å²) in [5, 5.41) is 13.8. The molecule has 1 amide bonds. The van der Waals surface area contributed by atoms with Crippen LogP contribution in [-0.2, 0) is 12.7 Å². The maximum Gasteiger partial charge on any atom is 0.537 e. The summed E-state index contributed by atoms with van der Waals surface area (Å²) < 4.78 is 48.0. The Morgan fingerprint density at radius 2 is 1.80 bits per heavy atom. The summed E-state index contributed by atoms with van der Waals surface area (Å²) in [5.41, 5.74) is 1.19. The molecule has 2 heterocycles. The number of hydrogen-bond acceptors (Lipinski definition) is 4. The predicted octanol–water partition coefficient (Wildman–Crippen LogP) is 2.11. The highest BCUT2D eigenvalue weighted by atomic mass is 19.4. The average molecular weight is 557 g/mol. The molecule has 0 saturated carbocycles. The second-order valence-corrected chi connectivity index (χ2v) is 10.2. The third kappa shape index (κ3) is 6.54. The molecule has 1 saturated heterocycles. The van der Waals surface area contributed by atoms with Crippen molar-refractivity contribution in [2.75, 3.05) is 38.5 Å². The van der Waals surface area contributed by atoms with Gasteiger partial charge in [0.25, 0.3) is 5.91 Å². The number of carbonyl (C=O) groups is 1. The molecule has 41 heavy (non-hydrogen) atoms. The van der Waals surface area contributed by atoms with Crippen LogP contribution in [-0.4, -0.2) is 55.3 Å². The molecule has 3 aromatic carbocycles. The van der Waals surface area contributed by atoms with Crippen LogP contribution in [0.1, 0.15) is 38.2 Å². The Kier molecular flexibility index (Phi) is 7.74. The Labute approximate surface area is 235 Å². The molecular formula is C31H27F3N6O+2. The smallest absolute Gasteiger partial charge is 0.322 e. The van der Waals surface area contributed by atoms with Crippen molar-refractivity contribution in [3.05, 3.63) is 98.7 Å². The van der Waals surface area contributed by atoms with Crippen molar-refractivity contribution in [2.45, 2.75) is 19.6 Å². The first-order valence-electron chi connectivity index (χ1n) is 13.0. The van der Waals surface area contributed by atoms with Gasteiger partial charge in [-0.15, -0.1) is 0 Å². The van der Waals surface area contributed by atoms with Crippen LogP contribution < -0.4 is 25.3 Å². The SMILES string of the molecule is Cc1ccc2c(c1)=[N+]=C[N+]=2C#Cc1cc(C#N)cc(NC(=O)c2ccc(CN3CCN(C)CC3)c(C(F)(F)F)c2)c1. The molecule has 7 nitrogen and oxygen atoms in total. The molecule has 206 valence electrons. The van der Waals surface area contributed by atoms with Crippen molar-refractivity contribution < 1.29 is 18.0 Å². The fourth-order valence-corrected chi connectivity index (χ4v) is 4.74. The van der Waals surface area contributed by atoms with Crippen LogP contribution in [0.3, 0.4) is 0 Å². The summed E-state index contributed by atoms with van der Waals surface area (Å²) in [7, 11) is 1.98. The zero-order valence-electron chi connectivity index (χ0n) is 22.6. The summed E-state index contributed by atoms with van der Waals surface area (Å²) in [4.78, 5) is 17.1. The van der Waals surface area contributed by atoms with Crippen molar-refractivity contribution in [3.63, 3.8) is 0 Å². The number of anilines is 1. The molecule has 1 fully saturated rings. The topological polar surface area (TPSA) is 76.5 Å². The highest BCUT2D eigenvalue weighted by Gasteiger charge is 2.34. The molecule has 0 radical (unpaired) electrons. The van der Waals surface area contributed by atoms with Crippen molar-refractivity contribution in [1.82, 2.24) is 19.0 Å². The van der Waals surface area contributed by atoms with Crippen LogP contribution in [0, 0.1) is 30.2 Å². The number of benzene rings is 3. The Morgan fingerprint density at radius 1 is 1.05 bits per heavy atom. The molecule has 1 N–H and O–H groups in total. The number of hydrogen-bond donors (Lipinski definition) is 1. The van der Waals surface area contributed by atoms with Gasteiger partial charge >= 0.3 is 23.2 Å². The first-order valence-corrected chi connectivity index (χ1v) is 13.0. The standard InChI is InChI=1S/C31H26F3N6O/c1-21-3-6-29-28(13-21)36-20-40(29)8-7-22-14-23(18-35)16-26(15-22)37-30(41)24-4-5-25(27(17-24)31(32,33)34)19-39-11-9-38(2)10-12-39/h3-6,13-17,20H,9-12,19H2,1-2H3/q+1/p+1. The van der Waals surface area contributed by atoms with Gasteiger partial charge in [0.1, 0.15) is 0 Å². The number of nitrogens with one attached hydrogen (secondary N) is 1. The number of nitriles is 1. The molecule has 0 atom stereocenters. The van der Waals surface area contributed by atoms with Crippen LogP contribution in [0.5, 0.6) is 0 Å². The molecule has 0 unspecified atom stereocenters. The number of amides is 1. The molecule has 0 aliphatic carbocycles. The molecule has 0 spiro atoms. The van der Waals surface area contributed by atoms with E-state index in [0.29, 0.717) is 18.7 Å². The Bertz CT molecular complexity index is 1800. The Balaban J connectivity index is 1.38. The minimum atomic E-state index is -4.61. The lowest BCUT2D eigenvalue weighted by molar-refractivity contribution is -0.138. The fraction of sp³-hybridized carbons (Fsp3) is 0.258. The number of likely N-dealkylation sites (N-methyl/N-ethyl adjacent to an activating group) is 1. The molecule has 0 bridgehead atoms. The van der Waals surface area contributed by atoms with E-state index < -0.39 is 17.6 Å². The van der Waals surface area contributed by atoms with E-state index >= 15 is 0 Å². The van der Waals surface area contributed by atoms with Crippen LogP contribution in [0.15, 0.2) is 54.6 Å². The zero-order valence-corrected chi connectivity index (χ0v) is 22.6. The van der Waals surface area contributed by atoms with Gasteiger partial charge < -0.3 is 10.2 Å². The Hall–Kier alpha value is -4.73. The number of alkyl halides is 3. The van der Waals surface area contributed by atoms with Crippen LogP contribution in [0.4, 0.5) is 18.9 Å². The second kappa shape index (κ2) is 11.4. The molecule has 3 aromatic rings. The lowest BCUT2D eigenvalue weighted by atomic mass is 10.0. The summed E-state index contributed by atoms with van der Waals surface area (Å²) in [6.45, 7) is 5.05. The van der Waals surface area contributed by atoms with Crippen LogP contribution >= 0.6 is 0 Å². The monoisotopic (exact) mass is 556 g/mol. The molecule has 10 heteroatoms. The number of aryl methyl sites for hydroxylation is 1. The van der Waals surface area contributed by atoms with Gasteiger partial charge in [0, 0.05) is 67.6 Å². The van der Waals surface area contributed by atoms with E-state index in [1.807, 2.05) is 43.1 Å². The van der Waals surface area contributed by atoms with Gasteiger partial charge in [-0.2, -0.15) is 18.4 Å². The number of halogens is 3. The van der Waals surface area contributed by atoms with E-state index in [9.17, 15) is 23.2 Å². The highest BCUT2D eigenvalue weighted by molar-refractivity contribution is 6.04. The van der Waals surface area contributed by atoms with Gasteiger partial charge in [-0.25, -0.2) is 0 Å². The maximum absolute atomic E-state index is 14.0. The number of piperazine rings is 1. The van der Waals surface area contributed by atoms with E-state index in [1.165, 1.54) is 18.2 Å². The van der Waals surface area contributed by atoms with Gasteiger partial charge in [0.2, 0.25) is 6.04 Å². The third-order valence-corrected chi connectivity index (χ3v) is 7.01. The lowest BCUT2D eigenvalue weighted by Gasteiger charge is -2.33.